The molecule has 0 N–H and O–H groups in total. The molecule has 51 heavy (non-hydrogen) atoms. The van der Waals surface area contributed by atoms with Gasteiger partial charge in [-0.3, -0.25) is 0 Å². The first-order valence-electron chi connectivity index (χ1n) is 18.5. The van der Waals surface area contributed by atoms with Gasteiger partial charge in [0, 0.05) is 43.6 Å². The molecule has 250 valence electrons. The second-order valence-electron chi connectivity index (χ2n) is 16.3. The van der Waals surface area contributed by atoms with E-state index in [0.717, 1.165) is 12.8 Å². The molecule has 0 radical (unpaired) electrons. The number of benzene rings is 5. The number of anilines is 3. The van der Waals surface area contributed by atoms with E-state index in [1.807, 2.05) is 11.3 Å². The lowest BCUT2D eigenvalue weighted by Crippen LogP contribution is -2.37. The van der Waals surface area contributed by atoms with E-state index < -0.39 is 0 Å². The standard InChI is InChI=1S/C49H43NS/c1-47(2)41-17-11-9-15-36(41)37-25-23-34(29-42(37)47)50(33-21-19-32(20-22-33)31-13-7-6-8-14-31)35-24-26-40-43(30-35)48(3,4)49(5)28-27-39-38-16-10-12-18-44(38)51-46(39)45(40)49/h6-9,11-15,17-30,45H,10,16H2,1-5H3. The maximum atomic E-state index is 2.56. The van der Waals surface area contributed by atoms with Gasteiger partial charge in [0.15, 0.2) is 0 Å². The molecule has 4 aliphatic carbocycles. The number of rotatable bonds is 4. The lowest BCUT2D eigenvalue weighted by atomic mass is 9.61. The number of hydrogen-bond acceptors (Lipinski definition) is 2. The fourth-order valence-corrected chi connectivity index (χ4v) is 11.4. The summed E-state index contributed by atoms with van der Waals surface area (Å²) in [5, 5.41) is 0. The van der Waals surface area contributed by atoms with Gasteiger partial charge in [-0.2, -0.15) is 0 Å². The molecule has 1 nitrogen and oxygen atoms in total. The fourth-order valence-electron chi connectivity index (χ4n) is 9.86. The maximum Gasteiger partial charge on any atom is 0.0465 e. The number of thiophene rings is 1. The smallest absolute Gasteiger partial charge is 0.0465 e. The summed E-state index contributed by atoms with van der Waals surface area (Å²) in [5.41, 5.74) is 17.4. The maximum absolute atomic E-state index is 2.56. The van der Waals surface area contributed by atoms with Crippen molar-refractivity contribution in [3.05, 3.63) is 171 Å². The molecule has 0 fully saturated rings. The van der Waals surface area contributed by atoms with Crippen molar-refractivity contribution >= 4 is 40.6 Å². The Morgan fingerprint density at radius 3 is 2.10 bits per heavy atom. The third-order valence-corrected chi connectivity index (χ3v) is 14.4. The van der Waals surface area contributed by atoms with E-state index in [1.54, 1.807) is 10.4 Å². The minimum Gasteiger partial charge on any atom is -0.310 e. The van der Waals surface area contributed by atoms with Gasteiger partial charge in [0.25, 0.3) is 0 Å². The van der Waals surface area contributed by atoms with Crippen molar-refractivity contribution in [2.45, 2.75) is 64.2 Å². The lowest BCUT2D eigenvalue weighted by molar-refractivity contribution is 0.244. The molecular weight excluding hydrogens is 635 g/mol. The van der Waals surface area contributed by atoms with Crippen molar-refractivity contribution in [1.29, 1.82) is 0 Å². The Bertz CT molecular complexity index is 2440. The molecule has 2 heteroatoms. The van der Waals surface area contributed by atoms with Crippen LogP contribution in [0.2, 0.25) is 0 Å². The van der Waals surface area contributed by atoms with E-state index in [-0.39, 0.29) is 16.2 Å². The Labute approximate surface area is 306 Å². The molecule has 0 aliphatic heterocycles. The van der Waals surface area contributed by atoms with Crippen LogP contribution in [0.1, 0.15) is 90.1 Å². The molecule has 2 unspecified atom stereocenters. The Balaban J connectivity index is 1.14. The average Bonchev–Trinajstić information content (AvgIpc) is 3.70. The number of allylic oxidation sites excluding steroid dienone is 2. The van der Waals surface area contributed by atoms with Crippen molar-refractivity contribution in [3.8, 4) is 22.3 Å². The second kappa shape index (κ2) is 10.8. The van der Waals surface area contributed by atoms with Crippen LogP contribution in [-0.2, 0) is 17.3 Å². The highest BCUT2D eigenvalue weighted by atomic mass is 32.1. The van der Waals surface area contributed by atoms with E-state index in [9.17, 15) is 0 Å². The summed E-state index contributed by atoms with van der Waals surface area (Å²) in [6.07, 6.45) is 12.1. The molecule has 0 bridgehead atoms. The molecule has 0 amide bonds. The lowest BCUT2D eigenvalue weighted by Gasteiger charge is -2.42. The fraction of sp³-hybridized carbons (Fsp3) is 0.224. The van der Waals surface area contributed by atoms with Gasteiger partial charge in [-0.15, -0.1) is 11.3 Å². The van der Waals surface area contributed by atoms with Crippen LogP contribution >= 0.6 is 11.3 Å². The van der Waals surface area contributed by atoms with Crippen molar-refractivity contribution < 1.29 is 0 Å². The molecule has 0 saturated heterocycles. The Hall–Kier alpha value is -4.92. The quantitative estimate of drug-likeness (QED) is 0.179. The molecule has 6 aromatic rings. The van der Waals surface area contributed by atoms with Gasteiger partial charge in [-0.1, -0.05) is 132 Å². The monoisotopic (exact) mass is 677 g/mol. The molecule has 10 rings (SSSR count). The summed E-state index contributed by atoms with van der Waals surface area (Å²) in [7, 11) is 0. The van der Waals surface area contributed by atoms with Crippen LogP contribution < -0.4 is 4.90 Å². The molecule has 4 aliphatic rings. The van der Waals surface area contributed by atoms with Crippen LogP contribution in [-0.4, -0.2) is 0 Å². The van der Waals surface area contributed by atoms with Crippen LogP contribution in [0.25, 0.3) is 34.4 Å². The van der Waals surface area contributed by atoms with Gasteiger partial charge < -0.3 is 4.90 Å². The minimum absolute atomic E-state index is 0.0103. The normalized spacial score (nSPS) is 20.9. The van der Waals surface area contributed by atoms with Crippen LogP contribution in [0, 0.1) is 5.41 Å². The average molecular weight is 678 g/mol. The predicted octanol–water partition coefficient (Wildman–Crippen LogP) is 13.6. The van der Waals surface area contributed by atoms with E-state index in [0.29, 0.717) is 5.92 Å². The summed E-state index contributed by atoms with van der Waals surface area (Å²) in [6.45, 7) is 12.2. The van der Waals surface area contributed by atoms with Crippen molar-refractivity contribution in [3.63, 3.8) is 0 Å². The van der Waals surface area contributed by atoms with Gasteiger partial charge in [0.05, 0.1) is 0 Å². The molecule has 0 saturated carbocycles. The van der Waals surface area contributed by atoms with Crippen molar-refractivity contribution in [2.75, 3.05) is 4.90 Å². The van der Waals surface area contributed by atoms with E-state index in [1.165, 1.54) is 72.0 Å². The van der Waals surface area contributed by atoms with Gasteiger partial charge in [0.2, 0.25) is 0 Å². The SMILES string of the molecule is CC1(C)c2ccccc2-c2ccc(N(c3ccc(-c4ccccc4)cc3)c3ccc4c(c3)C(C)(C)C3(C)C=Cc5c(sc6c5CCC=C6)C43)cc21. The zero-order valence-electron chi connectivity index (χ0n) is 30.1. The zero-order chi connectivity index (χ0) is 34.7. The summed E-state index contributed by atoms with van der Waals surface area (Å²) >= 11 is 2.04. The Morgan fingerprint density at radius 1 is 0.627 bits per heavy atom. The molecule has 1 heterocycles. The van der Waals surface area contributed by atoms with E-state index in [2.05, 4.69) is 179 Å². The first-order valence-corrected chi connectivity index (χ1v) is 19.3. The topological polar surface area (TPSA) is 3.24 Å². The summed E-state index contributed by atoms with van der Waals surface area (Å²) in [4.78, 5) is 5.52. The van der Waals surface area contributed by atoms with Gasteiger partial charge in [-0.25, -0.2) is 0 Å². The summed E-state index contributed by atoms with van der Waals surface area (Å²) < 4.78 is 0. The number of hydrogen-bond donors (Lipinski definition) is 0. The van der Waals surface area contributed by atoms with Crippen molar-refractivity contribution in [1.82, 2.24) is 0 Å². The zero-order valence-corrected chi connectivity index (χ0v) is 30.9. The molecule has 0 spiro atoms. The first-order chi connectivity index (χ1) is 24.7. The predicted molar refractivity (Wildman–Crippen MR) is 218 cm³/mol. The van der Waals surface area contributed by atoms with Crippen LogP contribution in [0.5, 0.6) is 0 Å². The number of nitrogens with zero attached hydrogens (tertiary/aromatic N) is 1. The first kappa shape index (κ1) is 30.9. The second-order valence-corrected chi connectivity index (χ2v) is 17.3. The van der Waals surface area contributed by atoms with Crippen LogP contribution in [0.4, 0.5) is 17.1 Å². The highest BCUT2D eigenvalue weighted by Gasteiger charge is 2.56. The highest BCUT2D eigenvalue weighted by molar-refractivity contribution is 7.13. The molecule has 1 aromatic heterocycles. The van der Waals surface area contributed by atoms with Gasteiger partial charge in [0.1, 0.15) is 0 Å². The van der Waals surface area contributed by atoms with Crippen LogP contribution in [0.3, 0.4) is 0 Å². The third kappa shape index (κ3) is 4.26. The minimum atomic E-state index is -0.0753. The van der Waals surface area contributed by atoms with E-state index in [4.69, 9.17) is 0 Å². The highest BCUT2D eigenvalue weighted by Crippen LogP contribution is 2.66. The van der Waals surface area contributed by atoms with E-state index >= 15 is 0 Å². The number of fused-ring (bicyclic) bond motifs is 10. The molecule has 5 aromatic carbocycles. The summed E-state index contributed by atoms with van der Waals surface area (Å²) in [5.74, 6) is 0.360. The molecular formula is C49H43NS. The Morgan fingerprint density at radius 2 is 1.29 bits per heavy atom. The van der Waals surface area contributed by atoms with Gasteiger partial charge in [-0.05, 0) is 116 Å². The Kier molecular flexibility index (Phi) is 6.53. The van der Waals surface area contributed by atoms with Gasteiger partial charge >= 0.3 is 0 Å². The summed E-state index contributed by atoms with van der Waals surface area (Å²) in [6, 6.07) is 43.3. The van der Waals surface area contributed by atoms with Crippen LogP contribution in [0.15, 0.2) is 127 Å². The molecule has 2 atom stereocenters. The van der Waals surface area contributed by atoms with Crippen molar-refractivity contribution in [2.24, 2.45) is 5.41 Å². The third-order valence-electron chi connectivity index (χ3n) is 13.1. The largest absolute Gasteiger partial charge is 0.310 e.